The predicted octanol–water partition coefficient (Wildman–Crippen LogP) is 4.59. The number of benzene rings is 2. The summed E-state index contributed by atoms with van der Waals surface area (Å²) in [5.41, 5.74) is 16.9. The first-order valence-corrected chi connectivity index (χ1v) is 7.22. The lowest BCUT2D eigenvalue weighted by Gasteiger charge is -2.21. The summed E-state index contributed by atoms with van der Waals surface area (Å²) in [7, 11) is 0. The largest absolute Gasteiger partial charge is 0.320 e. The molecule has 0 saturated carbocycles. The maximum absolute atomic E-state index is 6.59. The Kier molecular flexibility index (Phi) is 4.01. The summed E-state index contributed by atoms with van der Waals surface area (Å²) >= 11 is 0. The van der Waals surface area contributed by atoms with Gasteiger partial charge in [-0.1, -0.05) is 29.8 Å². The van der Waals surface area contributed by atoms with E-state index in [4.69, 9.17) is 5.73 Å². The van der Waals surface area contributed by atoms with Crippen molar-refractivity contribution in [2.24, 2.45) is 5.73 Å². The van der Waals surface area contributed by atoms with Crippen LogP contribution in [0.4, 0.5) is 0 Å². The first-order chi connectivity index (χ1) is 9.31. The Hall–Kier alpha value is -1.60. The van der Waals surface area contributed by atoms with E-state index in [2.05, 4.69) is 65.8 Å². The topological polar surface area (TPSA) is 26.0 Å². The second-order valence-corrected chi connectivity index (χ2v) is 6.08. The monoisotopic (exact) mass is 267 g/mol. The normalized spacial score (nSPS) is 12.6. The van der Waals surface area contributed by atoms with Crippen LogP contribution < -0.4 is 5.73 Å². The summed E-state index contributed by atoms with van der Waals surface area (Å²) in [6.07, 6.45) is 0. The van der Waals surface area contributed by atoms with Crippen LogP contribution in [0.15, 0.2) is 24.3 Å². The number of hydrogen-bond donors (Lipinski definition) is 1. The van der Waals surface area contributed by atoms with Crippen molar-refractivity contribution in [3.63, 3.8) is 0 Å². The van der Waals surface area contributed by atoms with Crippen LogP contribution in [0.2, 0.25) is 0 Å². The highest BCUT2D eigenvalue weighted by atomic mass is 14.6. The Morgan fingerprint density at radius 3 is 1.70 bits per heavy atom. The molecule has 20 heavy (non-hydrogen) atoms. The molecule has 0 aliphatic carbocycles. The SMILES string of the molecule is Cc1cc(C)c(C(N)c2cc(C)c(C)cc2C)c(C)c1. The molecule has 0 saturated heterocycles. The van der Waals surface area contributed by atoms with Crippen molar-refractivity contribution in [3.05, 3.63) is 68.8 Å². The lowest BCUT2D eigenvalue weighted by molar-refractivity contribution is 0.839. The van der Waals surface area contributed by atoms with Gasteiger partial charge in [-0.15, -0.1) is 0 Å². The zero-order valence-electron chi connectivity index (χ0n) is 13.5. The molecule has 0 aliphatic heterocycles. The van der Waals surface area contributed by atoms with Crippen LogP contribution in [0.3, 0.4) is 0 Å². The molecule has 1 nitrogen and oxygen atoms in total. The quantitative estimate of drug-likeness (QED) is 0.846. The predicted molar refractivity (Wildman–Crippen MR) is 87.3 cm³/mol. The molecule has 0 heterocycles. The minimum absolute atomic E-state index is 0.0464. The van der Waals surface area contributed by atoms with Crippen molar-refractivity contribution in [1.29, 1.82) is 0 Å². The van der Waals surface area contributed by atoms with E-state index < -0.39 is 0 Å². The lowest BCUT2D eigenvalue weighted by Crippen LogP contribution is -2.16. The summed E-state index contributed by atoms with van der Waals surface area (Å²) in [6, 6.07) is 8.88. The van der Waals surface area contributed by atoms with Gasteiger partial charge in [0.05, 0.1) is 6.04 Å². The summed E-state index contributed by atoms with van der Waals surface area (Å²) in [5, 5.41) is 0. The molecule has 0 amide bonds. The molecule has 1 heteroatoms. The summed E-state index contributed by atoms with van der Waals surface area (Å²) < 4.78 is 0. The Labute approximate surface area is 122 Å². The van der Waals surface area contributed by atoms with E-state index in [-0.39, 0.29) is 6.04 Å². The van der Waals surface area contributed by atoms with Crippen LogP contribution in [-0.2, 0) is 0 Å². The van der Waals surface area contributed by atoms with Crippen LogP contribution in [0.25, 0.3) is 0 Å². The maximum atomic E-state index is 6.59. The van der Waals surface area contributed by atoms with Crippen molar-refractivity contribution >= 4 is 0 Å². The highest BCUT2D eigenvalue weighted by Crippen LogP contribution is 2.30. The van der Waals surface area contributed by atoms with Crippen molar-refractivity contribution in [2.75, 3.05) is 0 Å². The van der Waals surface area contributed by atoms with Gasteiger partial charge in [-0.25, -0.2) is 0 Å². The number of nitrogens with two attached hydrogens (primary N) is 1. The van der Waals surface area contributed by atoms with Gasteiger partial charge in [0.25, 0.3) is 0 Å². The molecular formula is C19H25N. The van der Waals surface area contributed by atoms with E-state index in [1.54, 1.807) is 0 Å². The Morgan fingerprint density at radius 2 is 1.15 bits per heavy atom. The molecule has 0 bridgehead atoms. The third-order valence-corrected chi connectivity index (χ3v) is 4.27. The highest BCUT2D eigenvalue weighted by Gasteiger charge is 2.17. The molecule has 0 aliphatic rings. The molecule has 0 aromatic heterocycles. The molecule has 2 rings (SSSR count). The average molecular weight is 267 g/mol. The average Bonchev–Trinajstić information content (AvgIpc) is 2.32. The molecule has 0 radical (unpaired) electrons. The molecule has 2 aromatic carbocycles. The second-order valence-electron chi connectivity index (χ2n) is 6.08. The van der Waals surface area contributed by atoms with Crippen molar-refractivity contribution < 1.29 is 0 Å². The molecule has 2 aromatic rings. The standard InChI is InChI=1S/C19H25N/c1-11-7-15(5)18(16(6)8-11)19(20)17-10-13(3)12(2)9-14(17)4/h7-10,19H,20H2,1-6H3. The first kappa shape index (κ1) is 14.8. The lowest BCUT2D eigenvalue weighted by atomic mass is 9.87. The van der Waals surface area contributed by atoms with Gasteiger partial charge in [0, 0.05) is 0 Å². The minimum Gasteiger partial charge on any atom is -0.320 e. The first-order valence-electron chi connectivity index (χ1n) is 7.22. The van der Waals surface area contributed by atoms with Crippen molar-refractivity contribution in [3.8, 4) is 0 Å². The third-order valence-electron chi connectivity index (χ3n) is 4.27. The fourth-order valence-electron chi connectivity index (χ4n) is 3.16. The Bertz CT molecular complexity index is 630. The fourth-order valence-corrected chi connectivity index (χ4v) is 3.16. The van der Waals surface area contributed by atoms with E-state index in [1.807, 2.05) is 0 Å². The number of rotatable bonds is 2. The van der Waals surface area contributed by atoms with Gasteiger partial charge in [-0.2, -0.15) is 0 Å². The zero-order chi connectivity index (χ0) is 15.0. The van der Waals surface area contributed by atoms with E-state index in [0.717, 1.165) is 0 Å². The highest BCUT2D eigenvalue weighted by molar-refractivity contribution is 5.47. The Balaban J connectivity index is 2.57. The van der Waals surface area contributed by atoms with Crippen molar-refractivity contribution in [2.45, 2.75) is 47.6 Å². The Morgan fingerprint density at radius 1 is 0.650 bits per heavy atom. The van der Waals surface area contributed by atoms with E-state index in [0.29, 0.717) is 0 Å². The number of aryl methyl sites for hydroxylation is 6. The van der Waals surface area contributed by atoms with Crippen LogP contribution in [0.1, 0.15) is 50.5 Å². The fraction of sp³-hybridized carbons (Fsp3) is 0.368. The minimum atomic E-state index is -0.0464. The van der Waals surface area contributed by atoms with Gasteiger partial charge < -0.3 is 5.73 Å². The molecule has 2 N–H and O–H groups in total. The van der Waals surface area contributed by atoms with Gasteiger partial charge in [-0.3, -0.25) is 0 Å². The summed E-state index contributed by atoms with van der Waals surface area (Å²) in [6.45, 7) is 12.9. The molecule has 106 valence electrons. The third kappa shape index (κ3) is 2.64. The van der Waals surface area contributed by atoms with Gasteiger partial charge in [-0.05, 0) is 80.5 Å². The smallest absolute Gasteiger partial charge is 0.0559 e. The number of hydrogen-bond acceptors (Lipinski definition) is 1. The zero-order valence-corrected chi connectivity index (χ0v) is 13.5. The molecular weight excluding hydrogens is 242 g/mol. The van der Waals surface area contributed by atoms with Crippen LogP contribution >= 0.6 is 0 Å². The van der Waals surface area contributed by atoms with Crippen LogP contribution in [0.5, 0.6) is 0 Å². The van der Waals surface area contributed by atoms with Gasteiger partial charge in [0.15, 0.2) is 0 Å². The van der Waals surface area contributed by atoms with Crippen LogP contribution in [-0.4, -0.2) is 0 Å². The second kappa shape index (κ2) is 5.41. The van der Waals surface area contributed by atoms with E-state index in [9.17, 15) is 0 Å². The molecule has 1 unspecified atom stereocenters. The van der Waals surface area contributed by atoms with Crippen LogP contribution in [0, 0.1) is 41.5 Å². The van der Waals surface area contributed by atoms with Gasteiger partial charge >= 0.3 is 0 Å². The summed E-state index contributed by atoms with van der Waals surface area (Å²) in [4.78, 5) is 0. The molecule has 1 atom stereocenters. The van der Waals surface area contributed by atoms with Gasteiger partial charge in [0.1, 0.15) is 0 Å². The van der Waals surface area contributed by atoms with E-state index in [1.165, 1.54) is 44.5 Å². The molecule has 0 spiro atoms. The summed E-state index contributed by atoms with van der Waals surface area (Å²) in [5.74, 6) is 0. The van der Waals surface area contributed by atoms with Gasteiger partial charge in [0.2, 0.25) is 0 Å². The maximum Gasteiger partial charge on any atom is 0.0559 e. The molecule has 0 fully saturated rings. The van der Waals surface area contributed by atoms with E-state index >= 15 is 0 Å². The van der Waals surface area contributed by atoms with Crippen molar-refractivity contribution in [1.82, 2.24) is 0 Å².